The van der Waals surface area contributed by atoms with Crippen molar-refractivity contribution in [3.8, 4) is 0 Å². The molecule has 0 saturated heterocycles. The summed E-state index contributed by atoms with van der Waals surface area (Å²) in [5.41, 5.74) is 0. The summed E-state index contributed by atoms with van der Waals surface area (Å²) in [4.78, 5) is 4.04. The zero-order valence-corrected chi connectivity index (χ0v) is 10.4. The standard InChI is InChI=1S/C10H17N3O2S/c1-8-11-10(7-13(8)2)16(14,15)12-9-5-3-4-6-9/h7,9,12H,3-6H2,1-2H3. The molecule has 1 fully saturated rings. The summed E-state index contributed by atoms with van der Waals surface area (Å²) < 4.78 is 28.4. The molecule has 1 aromatic rings. The number of rotatable bonds is 3. The molecule has 6 heteroatoms. The molecule has 0 atom stereocenters. The van der Waals surface area contributed by atoms with E-state index in [1.807, 2.05) is 0 Å². The first-order chi connectivity index (χ1) is 7.49. The number of hydrogen-bond donors (Lipinski definition) is 1. The lowest BCUT2D eigenvalue weighted by atomic mass is 10.3. The van der Waals surface area contributed by atoms with E-state index in [4.69, 9.17) is 0 Å². The van der Waals surface area contributed by atoms with Gasteiger partial charge in [0.2, 0.25) is 0 Å². The highest BCUT2D eigenvalue weighted by molar-refractivity contribution is 7.89. The lowest BCUT2D eigenvalue weighted by Crippen LogP contribution is -2.32. The Kier molecular flexibility index (Phi) is 3.03. The minimum absolute atomic E-state index is 0.0901. The predicted molar refractivity (Wildman–Crippen MR) is 60.5 cm³/mol. The Labute approximate surface area is 95.9 Å². The second kappa shape index (κ2) is 4.18. The van der Waals surface area contributed by atoms with E-state index in [0.717, 1.165) is 25.7 Å². The Bertz CT molecular complexity index is 453. The van der Waals surface area contributed by atoms with E-state index in [9.17, 15) is 8.42 Å². The van der Waals surface area contributed by atoms with Crippen molar-refractivity contribution >= 4 is 10.0 Å². The largest absolute Gasteiger partial charge is 0.337 e. The Morgan fingerprint density at radius 1 is 1.44 bits per heavy atom. The van der Waals surface area contributed by atoms with Gasteiger partial charge in [-0.3, -0.25) is 0 Å². The van der Waals surface area contributed by atoms with Crippen LogP contribution in [0.2, 0.25) is 0 Å². The van der Waals surface area contributed by atoms with Gasteiger partial charge in [0.15, 0.2) is 5.03 Å². The molecule has 0 radical (unpaired) electrons. The van der Waals surface area contributed by atoms with Gasteiger partial charge < -0.3 is 4.57 Å². The molecule has 2 rings (SSSR count). The molecule has 1 aromatic heterocycles. The SMILES string of the molecule is Cc1nc(S(=O)(=O)NC2CCCC2)cn1C. The van der Waals surface area contributed by atoms with Crippen molar-refractivity contribution in [3.05, 3.63) is 12.0 Å². The van der Waals surface area contributed by atoms with E-state index in [-0.39, 0.29) is 11.1 Å². The van der Waals surface area contributed by atoms with Crippen LogP contribution in [0.5, 0.6) is 0 Å². The summed E-state index contributed by atoms with van der Waals surface area (Å²) in [5.74, 6) is 0.701. The molecule has 0 spiro atoms. The monoisotopic (exact) mass is 243 g/mol. The second-order valence-electron chi connectivity index (χ2n) is 4.34. The normalized spacial score (nSPS) is 18.1. The zero-order chi connectivity index (χ0) is 11.8. The number of imidazole rings is 1. The molecule has 1 heterocycles. The molecule has 5 nitrogen and oxygen atoms in total. The van der Waals surface area contributed by atoms with E-state index in [1.165, 1.54) is 0 Å². The van der Waals surface area contributed by atoms with Crippen LogP contribution in [-0.4, -0.2) is 24.0 Å². The van der Waals surface area contributed by atoms with Gasteiger partial charge >= 0.3 is 0 Å². The average molecular weight is 243 g/mol. The quantitative estimate of drug-likeness (QED) is 0.859. The molecule has 0 aromatic carbocycles. The first-order valence-electron chi connectivity index (χ1n) is 5.51. The van der Waals surface area contributed by atoms with Crippen LogP contribution < -0.4 is 4.72 Å². The smallest absolute Gasteiger partial charge is 0.259 e. The molecule has 16 heavy (non-hydrogen) atoms. The minimum atomic E-state index is -3.43. The van der Waals surface area contributed by atoms with Crippen LogP contribution in [0.25, 0.3) is 0 Å². The lowest BCUT2D eigenvalue weighted by molar-refractivity contribution is 0.549. The van der Waals surface area contributed by atoms with Gasteiger partial charge in [0.1, 0.15) is 5.82 Å². The van der Waals surface area contributed by atoms with Crippen LogP contribution in [0.15, 0.2) is 11.2 Å². The van der Waals surface area contributed by atoms with Crippen LogP contribution in [-0.2, 0) is 17.1 Å². The average Bonchev–Trinajstić information content (AvgIpc) is 2.78. The summed E-state index contributed by atoms with van der Waals surface area (Å²) in [6.07, 6.45) is 5.63. The van der Waals surface area contributed by atoms with E-state index in [1.54, 1.807) is 24.7 Å². The number of aryl methyl sites for hydroxylation is 2. The van der Waals surface area contributed by atoms with Crippen molar-refractivity contribution in [1.29, 1.82) is 0 Å². The lowest BCUT2D eigenvalue weighted by Gasteiger charge is -2.10. The number of sulfonamides is 1. The van der Waals surface area contributed by atoms with Gasteiger partial charge in [0.05, 0.1) is 0 Å². The summed E-state index contributed by atoms with van der Waals surface area (Å²) in [7, 11) is -1.64. The maximum Gasteiger partial charge on any atom is 0.259 e. The van der Waals surface area contributed by atoms with Gasteiger partial charge in [-0.05, 0) is 19.8 Å². The van der Waals surface area contributed by atoms with Gasteiger partial charge in [-0.2, -0.15) is 0 Å². The van der Waals surface area contributed by atoms with Gasteiger partial charge in [-0.1, -0.05) is 12.8 Å². The Morgan fingerprint density at radius 2 is 2.06 bits per heavy atom. The topological polar surface area (TPSA) is 64.0 Å². The molecular weight excluding hydrogens is 226 g/mol. The van der Waals surface area contributed by atoms with Crippen LogP contribution in [0.3, 0.4) is 0 Å². The fourth-order valence-corrected chi connectivity index (χ4v) is 3.32. The third-order valence-electron chi connectivity index (χ3n) is 3.04. The Balaban J connectivity index is 2.18. The van der Waals surface area contributed by atoms with Gasteiger partial charge in [0.25, 0.3) is 10.0 Å². The summed E-state index contributed by atoms with van der Waals surface area (Å²) in [6.45, 7) is 1.79. The fourth-order valence-electron chi connectivity index (χ4n) is 1.98. The fraction of sp³-hybridized carbons (Fsp3) is 0.700. The van der Waals surface area contributed by atoms with E-state index >= 15 is 0 Å². The molecule has 1 aliphatic carbocycles. The van der Waals surface area contributed by atoms with Crippen LogP contribution >= 0.6 is 0 Å². The van der Waals surface area contributed by atoms with Crippen molar-refractivity contribution in [1.82, 2.24) is 14.3 Å². The van der Waals surface area contributed by atoms with Crippen molar-refractivity contribution < 1.29 is 8.42 Å². The molecule has 1 aliphatic rings. The number of nitrogens with one attached hydrogen (secondary N) is 1. The van der Waals surface area contributed by atoms with Crippen molar-refractivity contribution in [2.24, 2.45) is 7.05 Å². The molecule has 90 valence electrons. The predicted octanol–water partition coefficient (Wildman–Crippen LogP) is 0.949. The molecule has 0 aliphatic heterocycles. The van der Waals surface area contributed by atoms with E-state index in [0.29, 0.717) is 5.82 Å². The molecular formula is C10H17N3O2S. The Hall–Kier alpha value is -0.880. The highest BCUT2D eigenvalue weighted by Crippen LogP contribution is 2.20. The summed E-state index contributed by atoms with van der Waals surface area (Å²) in [5, 5.41) is 0.124. The number of aromatic nitrogens is 2. The summed E-state index contributed by atoms with van der Waals surface area (Å²) in [6, 6.07) is 0.0901. The van der Waals surface area contributed by atoms with Crippen molar-refractivity contribution in [3.63, 3.8) is 0 Å². The van der Waals surface area contributed by atoms with Crippen molar-refractivity contribution in [2.75, 3.05) is 0 Å². The first-order valence-corrected chi connectivity index (χ1v) is 6.99. The highest BCUT2D eigenvalue weighted by atomic mass is 32.2. The van der Waals surface area contributed by atoms with Gasteiger partial charge in [-0.15, -0.1) is 0 Å². The minimum Gasteiger partial charge on any atom is -0.337 e. The molecule has 1 N–H and O–H groups in total. The highest BCUT2D eigenvalue weighted by Gasteiger charge is 2.24. The van der Waals surface area contributed by atoms with E-state index < -0.39 is 10.0 Å². The van der Waals surface area contributed by atoms with Crippen molar-refractivity contribution in [2.45, 2.75) is 43.7 Å². The molecule has 1 saturated carbocycles. The zero-order valence-electron chi connectivity index (χ0n) is 9.60. The van der Waals surface area contributed by atoms with Crippen LogP contribution in [0.4, 0.5) is 0 Å². The van der Waals surface area contributed by atoms with Gasteiger partial charge in [-0.25, -0.2) is 18.1 Å². The van der Waals surface area contributed by atoms with E-state index in [2.05, 4.69) is 9.71 Å². The van der Waals surface area contributed by atoms with Crippen LogP contribution in [0, 0.1) is 6.92 Å². The van der Waals surface area contributed by atoms with Gasteiger partial charge in [0, 0.05) is 19.3 Å². The Morgan fingerprint density at radius 3 is 2.56 bits per heavy atom. The maximum absolute atomic E-state index is 12.0. The number of hydrogen-bond acceptors (Lipinski definition) is 3. The molecule has 0 bridgehead atoms. The summed E-state index contributed by atoms with van der Waals surface area (Å²) >= 11 is 0. The second-order valence-corrected chi connectivity index (χ2v) is 6.00. The number of nitrogens with zero attached hydrogens (tertiary/aromatic N) is 2. The first kappa shape index (κ1) is 11.6. The van der Waals surface area contributed by atoms with Crippen LogP contribution in [0.1, 0.15) is 31.5 Å². The third-order valence-corrected chi connectivity index (χ3v) is 4.43. The molecule has 0 unspecified atom stereocenters. The molecule has 0 amide bonds. The third kappa shape index (κ3) is 2.27. The maximum atomic E-state index is 12.0.